The first-order chi connectivity index (χ1) is 18.7. The summed E-state index contributed by atoms with van der Waals surface area (Å²) >= 11 is 12.5. The Labute approximate surface area is 244 Å². The van der Waals surface area contributed by atoms with Crippen LogP contribution in [0.15, 0.2) is 77.7 Å². The fourth-order valence-corrected chi connectivity index (χ4v) is 5.95. The second-order valence-electron chi connectivity index (χ2n) is 10.2. The lowest BCUT2D eigenvalue weighted by Gasteiger charge is -2.35. The highest BCUT2D eigenvalue weighted by molar-refractivity contribution is 7.92. The van der Waals surface area contributed by atoms with Crippen LogP contribution < -0.4 is 9.62 Å². The number of anilines is 1. The van der Waals surface area contributed by atoms with E-state index in [0.717, 1.165) is 28.6 Å². The number of para-hydroxylation sites is 1. The number of nitrogens with one attached hydrogen (secondary N) is 1. The van der Waals surface area contributed by atoms with Gasteiger partial charge in [0.2, 0.25) is 11.8 Å². The number of benzene rings is 3. The molecule has 11 heteroatoms. The van der Waals surface area contributed by atoms with E-state index < -0.39 is 39.9 Å². The number of hydrogen-bond acceptors (Lipinski definition) is 4. The molecule has 0 spiro atoms. The first-order valence-corrected chi connectivity index (χ1v) is 14.8. The molecule has 1 atom stereocenters. The maximum atomic E-state index is 14.0. The number of nitrogens with zero attached hydrogens (tertiary/aromatic N) is 2. The molecule has 3 aromatic rings. The van der Waals surface area contributed by atoms with Crippen LogP contribution in [0.2, 0.25) is 10.0 Å². The molecule has 2 amide bonds. The van der Waals surface area contributed by atoms with Crippen LogP contribution in [0, 0.1) is 5.82 Å². The average molecular weight is 609 g/mol. The highest BCUT2D eigenvalue weighted by Gasteiger charge is 2.34. The fourth-order valence-electron chi connectivity index (χ4n) is 4.06. The number of hydrogen-bond donors (Lipinski definition) is 1. The molecule has 0 aliphatic heterocycles. The predicted molar refractivity (Wildman–Crippen MR) is 156 cm³/mol. The van der Waals surface area contributed by atoms with Crippen molar-refractivity contribution in [2.75, 3.05) is 10.8 Å². The summed E-state index contributed by atoms with van der Waals surface area (Å²) in [5.74, 6) is -1.61. The van der Waals surface area contributed by atoms with Gasteiger partial charge in [0.1, 0.15) is 18.4 Å². The zero-order valence-corrected chi connectivity index (χ0v) is 25.0. The molecule has 0 heterocycles. The molecule has 0 fully saturated rings. The summed E-state index contributed by atoms with van der Waals surface area (Å²) in [6.45, 7) is 6.56. The van der Waals surface area contributed by atoms with Gasteiger partial charge in [-0.1, -0.05) is 54.4 Å². The third-order valence-electron chi connectivity index (χ3n) is 5.96. The molecular formula is C29H32Cl2FN3O4S. The van der Waals surface area contributed by atoms with Crippen LogP contribution in [0.4, 0.5) is 10.1 Å². The summed E-state index contributed by atoms with van der Waals surface area (Å²) in [6.07, 6.45) is 0.259. The Bertz CT molecular complexity index is 1450. The summed E-state index contributed by atoms with van der Waals surface area (Å²) in [5.41, 5.74) is 0.199. The minimum atomic E-state index is -4.29. The summed E-state index contributed by atoms with van der Waals surface area (Å²) in [7, 11) is -4.29. The zero-order valence-electron chi connectivity index (χ0n) is 22.7. The highest BCUT2D eigenvalue weighted by atomic mass is 35.5. The standard InChI is InChI=1S/C29H32Cl2FN3O4S/c1-5-26(28(37)33-29(2,3)4)34(18-20-11-12-21(30)17-25(20)31)27(36)19-35(23-9-7-6-8-10-23)40(38,39)24-15-13-22(32)14-16-24/h6-17,26H,5,18-19H2,1-4H3,(H,33,37). The van der Waals surface area contributed by atoms with Crippen LogP contribution >= 0.6 is 23.2 Å². The first-order valence-electron chi connectivity index (χ1n) is 12.6. The van der Waals surface area contributed by atoms with Gasteiger partial charge in [0, 0.05) is 22.1 Å². The summed E-state index contributed by atoms with van der Waals surface area (Å²) < 4.78 is 42.0. The van der Waals surface area contributed by atoms with Crippen LogP contribution in [0.1, 0.15) is 39.7 Å². The van der Waals surface area contributed by atoms with Crippen molar-refractivity contribution >= 4 is 50.7 Å². The SMILES string of the molecule is CCC(C(=O)NC(C)(C)C)N(Cc1ccc(Cl)cc1Cl)C(=O)CN(c1ccccc1)S(=O)(=O)c1ccc(F)cc1. The Hall–Kier alpha value is -3.14. The highest BCUT2D eigenvalue weighted by Crippen LogP contribution is 2.27. The van der Waals surface area contributed by atoms with Crippen LogP contribution in [0.25, 0.3) is 0 Å². The van der Waals surface area contributed by atoms with Crippen molar-refractivity contribution in [1.82, 2.24) is 10.2 Å². The molecule has 7 nitrogen and oxygen atoms in total. The smallest absolute Gasteiger partial charge is 0.264 e. The van der Waals surface area contributed by atoms with E-state index in [1.54, 1.807) is 49.4 Å². The fraction of sp³-hybridized carbons (Fsp3) is 0.310. The van der Waals surface area contributed by atoms with Gasteiger partial charge in [0.25, 0.3) is 10.0 Å². The lowest BCUT2D eigenvalue weighted by molar-refractivity contribution is -0.141. The Morgan fingerprint density at radius 2 is 1.60 bits per heavy atom. The number of rotatable bonds is 10. The lowest BCUT2D eigenvalue weighted by atomic mass is 10.1. The molecule has 0 saturated carbocycles. The quantitative estimate of drug-likeness (QED) is 0.304. The van der Waals surface area contributed by atoms with Crippen LogP contribution in [0.3, 0.4) is 0 Å². The van der Waals surface area contributed by atoms with Gasteiger partial charge in [0.05, 0.1) is 10.6 Å². The number of amides is 2. The maximum absolute atomic E-state index is 14.0. The van der Waals surface area contributed by atoms with Gasteiger partial charge in [-0.15, -0.1) is 0 Å². The van der Waals surface area contributed by atoms with Crippen molar-refractivity contribution < 1.29 is 22.4 Å². The number of halogens is 3. The summed E-state index contributed by atoms with van der Waals surface area (Å²) in [6, 6.07) is 16.4. The van der Waals surface area contributed by atoms with Gasteiger partial charge in [0.15, 0.2) is 0 Å². The van der Waals surface area contributed by atoms with Crippen molar-refractivity contribution in [3.05, 3.63) is 94.2 Å². The van der Waals surface area contributed by atoms with E-state index >= 15 is 0 Å². The van der Waals surface area contributed by atoms with Crippen LogP contribution in [-0.4, -0.2) is 43.3 Å². The van der Waals surface area contributed by atoms with E-state index in [1.807, 2.05) is 20.8 Å². The van der Waals surface area contributed by atoms with E-state index in [0.29, 0.717) is 15.6 Å². The molecule has 0 bridgehead atoms. The Kier molecular flexibility index (Phi) is 10.2. The van der Waals surface area contributed by atoms with E-state index in [2.05, 4.69) is 5.32 Å². The van der Waals surface area contributed by atoms with E-state index in [1.165, 1.54) is 11.0 Å². The molecule has 40 heavy (non-hydrogen) atoms. The van der Waals surface area contributed by atoms with Gasteiger partial charge >= 0.3 is 0 Å². The monoisotopic (exact) mass is 607 g/mol. The molecule has 0 aromatic heterocycles. The largest absolute Gasteiger partial charge is 0.350 e. The third-order valence-corrected chi connectivity index (χ3v) is 8.34. The van der Waals surface area contributed by atoms with Crippen LogP contribution in [0.5, 0.6) is 0 Å². The van der Waals surface area contributed by atoms with Gasteiger partial charge in [-0.2, -0.15) is 0 Å². The normalized spacial score (nSPS) is 12.5. The van der Waals surface area contributed by atoms with E-state index in [4.69, 9.17) is 23.2 Å². The summed E-state index contributed by atoms with van der Waals surface area (Å²) in [4.78, 5) is 28.5. The van der Waals surface area contributed by atoms with E-state index in [9.17, 15) is 22.4 Å². The molecular weight excluding hydrogens is 576 g/mol. The molecule has 1 N–H and O–H groups in total. The molecule has 3 aromatic carbocycles. The predicted octanol–water partition coefficient (Wildman–Crippen LogP) is 6.05. The molecule has 0 aliphatic rings. The van der Waals surface area contributed by atoms with Crippen molar-refractivity contribution in [3.63, 3.8) is 0 Å². The number of sulfonamides is 1. The molecule has 3 rings (SSSR count). The average Bonchev–Trinajstić information content (AvgIpc) is 2.88. The van der Waals surface area contributed by atoms with Gasteiger partial charge in [-0.05, 0) is 81.3 Å². The van der Waals surface area contributed by atoms with Gasteiger partial charge in [-0.3, -0.25) is 13.9 Å². The van der Waals surface area contributed by atoms with Crippen LogP contribution in [-0.2, 0) is 26.2 Å². The Balaban J connectivity index is 2.07. The minimum Gasteiger partial charge on any atom is -0.350 e. The lowest BCUT2D eigenvalue weighted by Crippen LogP contribution is -2.55. The Morgan fingerprint density at radius 1 is 0.975 bits per heavy atom. The van der Waals surface area contributed by atoms with Gasteiger partial charge in [-0.25, -0.2) is 12.8 Å². The molecule has 0 radical (unpaired) electrons. The van der Waals surface area contributed by atoms with E-state index in [-0.39, 0.29) is 29.5 Å². The maximum Gasteiger partial charge on any atom is 0.264 e. The van der Waals surface area contributed by atoms with Crippen molar-refractivity contribution in [3.8, 4) is 0 Å². The second-order valence-corrected chi connectivity index (χ2v) is 12.9. The Morgan fingerprint density at radius 3 is 2.15 bits per heavy atom. The van der Waals surface area contributed by atoms with Crippen molar-refractivity contribution in [2.24, 2.45) is 0 Å². The topological polar surface area (TPSA) is 86.8 Å². The second kappa shape index (κ2) is 13.0. The summed E-state index contributed by atoms with van der Waals surface area (Å²) in [5, 5.41) is 3.62. The molecule has 0 aliphatic carbocycles. The molecule has 214 valence electrons. The first kappa shape index (κ1) is 31.4. The zero-order chi connectivity index (χ0) is 29.7. The molecule has 0 saturated heterocycles. The number of carbonyl (C=O) groups excluding carboxylic acids is 2. The minimum absolute atomic E-state index is 0.0653. The number of carbonyl (C=O) groups is 2. The molecule has 1 unspecified atom stereocenters. The van der Waals surface area contributed by atoms with Crippen molar-refractivity contribution in [2.45, 2.75) is 57.1 Å². The third kappa shape index (κ3) is 7.96. The van der Waals surface area contributed by atoms with Crippen molar-refractivity contribution in [1.29, 1.82) is 0 Å². The van der Waals surface area contributed by atoms with Gasteiger partial charge < -0.3 is 10.2 Å².